The zero-order chi connectivity index (χ0) is 57.9. The average Bonchev–Trinajstić information content (AvgIpc) is 3.45. The molecule has 8 rings (SSSR count). The smallest absolute Gasteiger partial charge is 0.0633 e. The minimum Gasteiger partial charge on any atom is -0.253 e. The molecule has 0 radical (unpaired) electrons. The van der Waals surface area contributed by atoms with Crippen molar-refractivity contribution in [2.24, 2.45) is 10.9 Å². The van der Waals surface area contributed by atoms with Crippen LogP contribution < -0.4 is 0 Å². The molecule has 8 aromatic rings. The summed E-state index contributed by atoms with van der Waals surface area (Å²) in [5.74, 6) is 0.833. The van der Waals surface area contributed by atoms with E-state index in [1.807, 2.05) is 67.5 Å². The Hall–Kier alpha value is -7.35. The van der Waals surface area contributed by atoms with E-state index < -0.39 is 0 Å². The molecule has 1 nitrogen and oxygen atoms in total. The first-order chi connectivity index (χ1) is 37.1. The van der Waals surface area contributed by atoms with Gasteiger partial charge in [-0.2, -0.15) is 0 Å². The Kier molecular flexibility index (Phi) is 33.6. The SMILES string of the molecule is C=C/C(=C\C)c1cccc(-c2cccc(C(C)=NC(=C)c3ccc(-c4ccccc4)cc3)c2)c1.CC.CC.CC.CC(C)C.CCC.Cc1cccc(C)c1.Cc1ccccc1-c1ccc(-c2ccccc2C)c(C)c1C. The molecule has 0 heterocycles. The van der Waals surface area contributed by atoms with Crippen LogP contribution in [0.2, 0.25) is 0 Å². The summed E-state index contributed by atoms with van der Waals surface area (Å²) in [5, 5.41) is 0. The molecule has 0 saturated heterocycles. The molecule has 0 aliphatic carbocycles. The van der Waals surface area contributed by atoms with Crippen molar-refractivity contribution >= 4 is 17.0 Å². The van der Waals surface area contributed by atoms with Crippen molar-refractivity contribution in [3.63, 3.8) is 0 Å². The van der Waals surface area contributed by atoms with Gasteiger partial charge in [-0.3, -0.25) is 4.99 Å². The maximum absolute atomic E-state index is 4.83. The van der Waals surface area contributed by atoms with E-state index in [1.165, 1.54) is 78.7 Å². The van der Waals surface area contributed by atoms with Crippen molar-refractivity contribution in [3.8, 4) is 44.5 Å². The van der Waals surface area contributed by atoms with E-state index >= 15 is 0 Å². The highest BCUT2D eigenvalue weighted by atomic mass is 14.7. The van der Waals surface area contributed by atoms with Gasteiger partial charge in [0.1, 0.15) is 0 Å². The first kappa shape index (κ1) is 67.7. The number of hydrogen-bond acceptors (Lipinski definition) is 1. The maximum Gasteiger partial charge on any atom is 0.0633 e. The summed E-state index contributed by atoms with van der Waals surface area (Å²) in [5.41, 5.74) is 24.2. The fraction of sp³-hybridized carbons (Fsp3) is 0.276. The number of rotatable bonds is 9. The first-order valence-corrected chi connectivity index (χ1v) is 28.3. The standard InChI is InChI=1S/C33H29N.C22H22.C8H10.C4H10.C3H8.3C2H6/c1-5-26(6-2)31-15-11-17-33(23-31)32-16-10-14-30(22-32)25(4)34-24(3)27-18-20-29(21-19-27)28-12-8-7-9-13-28;1-15-9-5-7-11-19(15)21-13-14-22(18(4)17(21)3)20-12-8-6-10-16(20)2;1-7-4-3-5-8(2)6-7;1-4(2)3;1-3-2;3*1-2/h5-23H,1,3H2,2,4H3;5-14H,1-4H3;3-6H,1-2H3;4H,1-3H3;3H2,1-2H3;3*1-2H3/b26-6+,34-25?;;;;;;;. The minimum absolute atomic E-state index is 0.758. The molecule has 0 aliphatic rings. The molecule has 1 heteroatoms. The van der Waals surface area contributed by atoms with E-state index in [4.69, 9.17) is 4.99 Å². The number of allylic oxidation sites excluding steroid dienone is 3. The number of nitrogens with zero attached hydrogens (tertiary/aromatic N) is 1. The fourth-order valence-corrected chi connectivity index (χ4v) is 7.98. The van der Waals surface area contributed by atoms with Crippen molar-refractivity contribution in [1.29, 1.82) is 0 Å². The van der Waals surface area contributed by atoms with Gasteiger partial charge in [-0.15, -0.1) is 0 Å². The number of aliphatic imine (C=N–C) groups is 1. The van der Waals surface area contributed by atoms with Gasteiger partial charge in [-0.05, 0) is 162 Å². The molecule has 0 aliphatic heterocycles. The summed E-state index contributed by atoms with van der Waals surface area (Å²) >= 11 is 0. The molecule has 0 unspecified atom stereocenters. The first-order valence-electron chi connectivity index (χ1n) is 28.3. The van der Waals surface area contributed by atoms with Gasteiger partial charge in [-0.1, -0.05) is 295 Å². The van der Waals surface area contributed by atoms with Crippen molar-refractivity contribution < 1.29 is 0 Å². The van der Waals surface area contributed by atoms with Crippen LogP contribution in [0.5, 0.6) is 0 Å². The van der Waals surface area contributed by atoms with Crippen LogP contribution in [0.3, 0.4) is 0 Å². The van der Waals surface area contributed by atoms with E-state index in [-0.39, 0.29) is 0 Å². The molecular weight excluding hydrogens is 927 g/mol. The third-order valence-electron chi connectivity index (χ3n) is 11.8. The molecule has 8 aromatic carbocycles. The van der Waals surface area contributed by atoms with E-state index in [2.05, 4.69) is 277 Å². The van der Waals surface area contributed by atoms with Gasteiger partial charge in [0.25, 0.3) is 0 Å². The second-order valence-electron chi connectivity index (χ2n) is 18.8. The Morgan fingerprint density at radius 1 is 0.442 bits per heavy atom. The molecule has 406 valence electrons. The third-order valence-corrected chi connectivity index (χ3v) is 11.8. The fourth-order valence-electron chi connectivity index (χ4n) is 7.98. The van der Waals surface area contributed by atoms with Crippen molar-refractivity contribution in [2.45, 2.75) is 138 Å². The molecule has 0 fully saturated rings. The molecular formula is C76H97N. The molecule has 0 N–H and O–H groups in total. The van der Waals surface area contributed by atoms with Crippen LogP contribution in [0.4, 0.5) is 0 Å². The second-order valence-corrected chi connectivity index (χ2v) is 18.8. The Morgan fingerprint density at radius 3 is 1.22 bits per heavy atom. The summed E-state index contributed by atoms with van der Waals surface area (Å²) in [6.07, 6.45) is 5.22. The topological polar surface area (TPSA) is 12.4 Å². The van der Waals surface area contributed by atoms with E-state index in [0.717, 1.165) is 45.2 Å². The van der Waals surface area contributed by atoms with E-state index in [9.17, 15) is 0 Å². The van der Waals surface area contributed by atoms with Crippen LogP contribution in [0.25, 0.3) is 55.8 Å². The van der Waals surface area contributed by atoms with Gasteiger partial charge >= 0.3 is 0 Å². The molecule has 0 aromatic heterocycles. The zero-order valence-corrected chi connectivity index (χ0v) is 51.2. The summed E-state index contributed by atoms with van der Waals surface area (Å²) < 4.78 is 0. The van der Waals surface area contributed by atoms with Crippen LogP contribution in [-0.4, -0.2) is 5.71 Å². The van der Waals surface area contributed by atoms with E-state index in [0.29, 0.717) is 0 Å². The van der Waals surface area contributed by atoms with Gasteiger partial charge in [0.2, 0.25) is 0 Å². The zero-order valence-electron chi connectivity index (χ0n) is 51.2. The van der Waals surface area contributed by atoms with Gasteiger partial charge in [0, 0.05) is 5.71 Å². The number of aryl methyl sites for hydroxylation is 4. The highest BCUT2D eigenvalue weighted by Gasteiger charge is 2.12. The van der Waals surface area contributed by atoms with Gasteiger partial charge < -0.3 is 0 Å². The second kappa shape index (κ2) is 38.2. The largest absolute Gasteiger partial charge is 0.253 e. The predicted molar refractivity (Wildman–Crippen MR) is 352 cm³/mol. The highest BCUT2D eigenvalue weighted by Crippen LogP contribution is 2.35. The lowest BCUT2D eigenvalue weighted by molar-refractivity contribution is 0.737. The van der Waals surface area contributed by atoms with Gasteiger partial charge in [0.15, 0.2) is 0 Å². The molecule has 77 heavy (non-hydrogen) atoms. The summed E-state index contributed by atoms with van der Waals surface area (Å²) in [6, 6.07) is 66.0. The van der Waals surface area contributed by atoms with Crippen LogP contribution in [-0.2, 0) is 0 Å². The lowest BCUT2D eigenvalue weighted by atomic mass is 9.88. The number of hydrogen-bond donors (Lipinski definition) is 0. The Bertz CT molecular complexity index is 2900. The van der Waals surface area contributed by atoms with E-state index in [1.54, 1.807) is 0 Å². The Balaban J connectivity index is 0.000000586. The number of benzene rings is 8. The van der Waals surface area contributed by atoms with Gasteiger partial charge in [-0.25, -0.2) is 0 Å². The third kappa shape index (κ3) is 22.8. The lowest BCUT2D eigenvalue weighted by Gasteiger charge is -2.16. The highest BCUT2D eigenvalue weighted by molar-refractivity contribution is 6.02. The normalized spacial score (nSPS) is 10.2. The van der Waals surface area contributed by atoms with Crippen molar-refractivity contribution in [1.82, 2.24) is 0 Å². The van der Waals surface area contributed by atoms with Crippen LogP contribution in [0.1, 0.15) is 147 Å². The molecule has 0 bridgehead atoms. The quantitative estimate of drug-likeness (QED) is 0.101. The average molecular weight is 1020 g/mol. The molecule has 0 amide bonds. The maximum atomic E-state index is 4.83. The monoisotopic (exact) mass is 1020 g/mol. The summed E-state index contributed by atoms with van der Waals surface area (Å²) in [4.78, 5) is 4.83. The Morgan fingerprint density at radius 2 is 0.818 bits per heavy atom. The molecule has 0 atom stereocenters. The Labute approximate surface area is 471 Å². The lowest BCUT2D eigenvalue weighted by Crippen LogP contribution is -1.96. The van der Waals surface area contributed by atoms with Gasteiger partial charge in [0.05, 0.1) is 5.70 Å². The summed E-state index contributed by atoms with van der Waals surface area (Å²) in [7, 11) is 0. The van der Waals surface area contributed by atoms with Crippen LogP contribution in [0, 0.1) is 47.5 Å². The van der Waals surface area contributed by atoms with Crippen molar-refractivity contribution in [3.05, 3.63) is 263 Å². The predicted octanol–water partition coefficient (Wildman–Crippen LogP) is 23.8. The summed E-state index contributed by atoms with van der Waals surface area (Å²) in [6.45, 7) is 48.0. The molecule has 0 saturated carbocycles. The molecule has 0 spiro atoms. The van der Waals surface area contributed by atoms with Crippen LogP contribution >= 0.6 is 0 Å². The minimum atomic E-state index is 0.758. The van der Waals surface area contributed by atoms with Crippen molar-refractivity contribution in [2.75, 3.05) is 0 Å². The van der Waals surface area contributed by atoms with Crippen LogP contribution in [0.15, 0.2) is 218 Å².